The van der Waals surface area contributed by atoms with Gasteiger partial charge in [0.1, 0.15) is 12.1 Å². The summed E-state index contributed by atoms with van der Waals surface area (Å²) in [6.07, 6.45) is 6.06. The summed E-state index contributed by atoms with van der Waals surface area (Å²) in [5, 5.41) is 3.47. The van der Waals surface area contributed by atoms with E-state index in [-0.39, 0.29) is 6.04 Å². The van der Waals surface area contributed by atoms with Gasteiger partial charge in [0.15, 0.2) is 0 Å². The lowest BCUT2D eigenvalue weighted by atomic mass is 9.99. The van der Waals surface area contributed by atoms with E-state index in [1.54, 1.807) is 18.7 Å². The van der Waals surface area contributed by atoms with Crippen LogP contribution in [0.2, 0.25) is 0 Å². The van der Waals surface area contributed by atoms with Crippen molar-refractivity contribution in [3.05, 3.63) is 47.7 Å². The van der Waals surface area contributed by atoms with Crippen LogP contribution in [-0.2, 0) is 0 Å². The second-order valence-corrected chi connectivity index (χ2v) is 4.45. The van der Waals surface area contributed by atoms with Gasteiger partial charge in [-0.15, -0.1) is 0 Å². The number of nitrogens with two attached hydrogens (primary N) is 1. The Morgan fingerprint density at radius 1 is 1.26 bits per heavy atom. The van der Waals surface area contributed by atoms with Gasteiger partial charge in [-0.3, -0.25) is 0 Å². The van der Waals surface area contributed by atoms with Crippen molar-refractivity contribution in [1.82, 2.24) is 20.3 Å². The first kappa shape index (κ1) is 13.4. The number of nitrogens with one attached hydrogen (secondary N) is 1. The highest BCUT2D eigenvalue weighted by Gasteiger charge is 2.19. The smallest absolute Gasteiger partial charge is 0.128 e. The average molecular weight is 257 g/mol. The van der Waals surface area contributed by atoms with Crippen LogP contribution in [0.5, 0.6) is 0 Å². The monoisotopic (exact) mass is 257 g/mol. The minimum Gasteiger partial charge on any atom is -0.383 e. The average Bonchev–Trinajstić information content (AvgIpc) is 2.43. The molecule has 2 aromatic rings. The first-order valence-electron chi connectivity index (χ1n) is 6.44. The Kier molecular flexibility index (Phi) is 4.41. The van der Waals surface area contributed by atoms with E-state index in [2.05, 4.69) is 27.2 Å². The summed E-state index contributed by atoms with van der Waals surface area (Å²) < 4.78 is 0. The molecule has 2 heterocycles. The highest BCUT2D eigenvalue weighted by molar-refractivity contribution is 5.48. The molecule has 0 aliphatic rings. The van der Waals surface area contributed by atoms with Crippen LogP contribution in [0.1, 0.15) is 36.2 Å². The van der Waals surface area contributed by atoms with E-state index in [9.17, 15) is 0 Å². The quantitative estimate of drug-likeness (QED) is 0.854. The lowest BCUT2D eigenvalue weighted by Crippen LogP contribution is -2.26. The molecule has 2 aromatic heterocycles. The lowest BCUT2D eigenvalue weighted by molar-refractivity contribution is 0.583. The molecule has 5 nitrogen and oxygen atoms in total. The molecule has 0 bridgehead atoms. The van der Waals surface area contributed by atoms with Gasteiger partial charge >= 0.3 is 0 Å². The maximum atomic E-state index is 6.04. The zero-order valence-corrected chi connectivity index (χ0v) is 11.3. The fourth-order valence-corrected chi connectivity index (χ4v) is 2.08. The standard InChI is InChI=1S/C14H19N5/c1-3-6-17-13(11-5-7-16-9-19-11)12-10(2)4-8-18-14(12)15/h4-5,7-9,13,17H,3,6H2,1-2H3,(H2,15,18). The molecule has 0 amide bonds. The van der Waals surface area contributed by atoms with Gasteiger partial charge in [0.05, 0.1) is 11.7 Å². The molecular weight excluding hydrogens is 238 g/mol. The zero-order chi connectivity index (χ0) is 13.7. The van der Waals surface area contributed by atoms with Crippen LogP contribution in [-0.4, -0.2) is 21.5 Å². The second-order valence-electron chi connectivity index (χ2n) is 4.45. The van der Waals surface area contributed by atoms with Crippen LogP contribution in [0.4, 0.5) is 5.82 Å². The minimum atomic E-state index is -0.0448. The molecule has 1 atom stereocenters. The van der Waals surface area contributed by atoms with Crippen molar-refractivity contribution < 1.29 is 0 Å². The Labute approximate surface area is 113 Å². The van der Waals surface area contributed by atoms with E-state index in [1.807, 2.05) is 19.1 Å². The first-order chi connectivity index (χ1) is 9.24. The van der Waals surface area contributed by atoms with Crippen molar-refractivity contribution in [3.8, 4) is 0 Å². The molecular formula is C14H19N5. The van der Waals surface area contributed by atoms with Crippen molar-refractivity contribution >= 4 is 5.82 Å². The van der Waals surface area contributed by atoms with Crippen molar-refractivity contribution in [3.63, 3.8) is 0 Å². The molecule has 0 aliphatic carbocycles. The molecule has 0 aromatic carbocycles. The van der Waals surface area contributed by atoms with Crippen LogP contribution < -0.4 is 11.1 Å². The fourth-order valence-electron chi connectivity index (χ4n) is 2.08. The van der Waals surface area contributed by atoms with E-state index >= 15 is 0 Å². The molecule has 1 unspecified atom stereocenters. The summed E-state index contributed by atoms with van der Waals surface area (Å²) in [6.45, 7) is 5.06. The molecule has 2 rings (SSSR count). The normalized spacial score (nSPS) is 12.3. The molecule has 0 fully saturated rings. The van der Waals surface area contributed by atoms with Crippen LogP contribution in [0.15, 0.2) is 30.9 Å². The molecule has 0 aliphatic heterocycles. The number of hydrogen-bond acceptors (Lipinski definition) is 5. The second kappa shape index (κ2) is 6.24. The van der Waals surface area contributed by atoms with Crippen molar-refractivity contribution in [2.45, 2.75) is 26.3 Å². The van der Waals surface area contributed by atoms with E-state index in [1.165, 1.54) is 0 Å². The number of nitrogens with zero attached hydrogens (tertiary/aromatic N) is 3. The molecule has 0 radical (unpaired) electrons. The van der Waals surface area contributed by atoms with Crippen LogP contribution in [0.25, 0.3) is 0 Å². The number of aromatic nitrogens is 3. The molecule has 0 spiro atoms. The molecule has 0 saturated heterocycles. The van der Waals surface area contributed by atoms with Gasteiger partial charge in [-0.05, 0) is 37.6 Å². The summed E-state index contributed by atoms with van der Waals surface area (Å²) in [5.74, 6) is 0.548. The minimum absolute atomic E-state index is 0.0448. The van der Waals surface area contributed by atoms with Crippen LogP contribution >= 0.6 is 0 Å². The SMILES string of the molecule is CCCNC(c1ccncn1)c1c(C)ccnc1N. The zero-order valence-electron chi connectivity index (χ0n) is 11.3. The number of pyridine rings is 1. The summed E-state index contributed by atoms with van der Waals surface area (Å²) in [4.78, 5) is 12.5. The van der Waals surface area contributed by atoms with Crippen molar-refractivity contribution in [2.24, 2.45) is 0 Å². The van der Waals surface area contributed by atoms with Gasteiger partial charge < -0.3 is 11.1 Å². The van der Waals surface area contributed by atoms with Gasteiger partial charge in [0, 0.05) is 18.0 Å². The number of aryl methyl sites for hydroxylation is 1. The highest BCUT2D eigenvalue weighted by atomic mass is 15.0. The molecule has 3 N–H and O–H groups in total. The largest absolute Gasteiger partial charge is 0.383 e. The molecule has 19 heavy (non-hydrogen) atoms. The van der Waals surface area contributed by atoms with Gasteiger partial charge in [-0.25, -0.2) is 15.0 Å². The molecule has 0 saturated carbocycles. The predicted octanol–water partition coefficient (Wildman–Crippen LogP) is 1.85. The van der Waals surface area contributed by atoms with Crippen molar-refractivity contribution in [1.29, 1.82) is 0 Å². The van der Waals surface area contributed by atoms with E-state index in [4.69, 9.17) is 5.73 Å². The first-order valence-corrected chi connectivity index (χ1v) is 6.44. The Hall–Kier alpha value is -2.01. The van der Waals surface area contributed by atoms with E-state index < -0.39 is 0 Å². The van der Waals surface area contributed by atoms with Gasteiger partial charge in [-0.2, -0.15) is 0 Å². The Morgan fingerprint density at radius 2 is 2.11 bits per heavy atom. The third-order valence-electron chi connectivity index (χ3n) is 3.03. The predicted molar refractivity (Wildman–Crippen MR) is 75.6 cm³/mol. The topological polar surface area (TPSA) is 76.7 Å². The lowest BCUT2D eigenvalue weighted by Gasteiger charge is -2.21. The Balaban J connectivity index is 2.43. The van der Waals surface area contributed by atoms with Gasteiger partial charge in [-0.1, -0.05) is 6.92 Å². The third kappa shape index (κ3) is 3.06. The maximum absolute atomic E-state index is 6.04. The number of rotatable bonds is 5. The summed E-state index contributed by atoms with van der Waals surface area (Å²) in [7, 11) is 0. The summed E-state index contributed by atoms with van der Waals surface area (Å²) >= 11 is 0. The number of hydrogen-bond donors (Lipinski definition) is 2. The Bertz CT molecular complexity index is 506. The highest BCUT2D eigenvalue weighted by Crippen LogP contribution is 2.26. The molecule has 100 valence electrons. The van der Waals surface area contributed by atoms with Gasteiger partial charge in [0.25, 0.3) is 0 Å². The molecule has 5 heteroatoms. The number of anilines is 1. The number of nitrogen functional groups attached to an aromatic ring is 1. The summed E-state index contributed by atoms with van der Waals surface area (Å²) in [5.41, 5.74) is 9.05. The van der Waals surface area contributed by atoms with E-state index in [0.29, 0.717) is 5.82 Å². The fraction of sp³-hybridized carbons (Fsp3) is 0.357. The van der Waals surface area contributed by atoms with E-state index in [0.717, 1.165) is 29.8 Å². The summed E-state index contributed by atoms with van der Waals surface area (Å²) in [6, 6.07) is 3.82. The maximum Gasteiger partial charge on any atom is 0.128 e. The van der Waals surface area contributed by atoms with Crippen LogP contribution in [0.3, 0.4) is 0 Å². The van der Waals surface area contributed by atoms with Crippen molar-refractivity contribution in [2.75, 3.05) is 12.3 Å². The van der Waals surface area contributed by atoms with Crippen LogP contribution in [0, 0.1) is 6.92 Å². The Morgan fingerprint density at radius 3 is 2.74 bits per heavy atom. The third-order valence-corrected chi connectivity index (χ3v) is 3.03. The van der Waals surface area contributed by atoms with Gasteiger partial charge in [0.2, 0.25) is 0 Å².